The molecule has 16 heavy (non-hydrogen) atoms. The summed E-state index contributed by atoms with van der Waals surface area (Å²) in [5, 5.41) is 11.6. The fourth-order valence-electron chi connectivity index (χ4n) is 1.86. The quantitative estimate of drug-likeness (QED) is 0.815. The van der Waals surface area contributed by atoms with Crippen molar-refractivity contribution in [3.63, 3.8) is 0 Å². The smallest absolute Gasteiger partial charge is 0.264 e. The highest BCUT2D eigenvalue weighted by Crippen LogP contribution is 2.23. The lowest BCUT2D eigenvalue weighted by atomic mass is 9.96. The Hall–Kier alpha value is -2.02. The van der Waals surface area contributed by atoms with Crippen LogP contribution in [0.25, 0.3) is 5.57 Å². The number of H-pyrrole nitrogens is 1. The summed E-state index contributed by atoms with van der Waals surface area (Å²) in [4.78, 5) is 11.3. The number of hydrogen-bond acceptors (Lipinski definition) is 2. The van der Waals surface area contributed by atoms with E-state index in [9.17, 15) is 4.79 Å². The molecule has 1 atom stereocenters. The standard InChI is InChI=1S/C12H13N3O/c1-2-15-11(7-12(16)14-15)10-5-3-4-9(6-10)8-13/h3,5-7,9H,2,4H2,1H3,(H,14,16). The second kappa shape index (κ2) is 4.23. The zero-order valence-corrected chi connectivity index (χ0v) is 9.10. The summed E-state index contributed by atoms with van der Waals surface area (Å²) in [5.41, 5.74) is 1.69. The number of allylic oxidation sites excluding steroid dienone is 4. The number of nitrogens with one attached hydrogen (secondary N) is 1. The number of hydrogen-bond donors (Lipinski definition) is 1. The van der Waals surface area contributed by atoms with E-state index in [1.165, 1.54) is 0 Å². The molecule has 82 valence electrons. The first-order valence-corrected chi connectivity index (χ1v) is 5.32. The zero-order valence-electron chi connectivity index (χ0n) is 9.10. The lowest BCUT2D eigenvalue weighted by Gasteiger charge is -2.11. The third kappa shape index (κ3) is 1.84. The van der Waals surface area contributed by atoms with Crippen molar-refractivity contribution in [1.82, 2.24) is 9.78 Å². The van der Waals surface area contributed by atoms with Crippen molar-refractivity contribution in [2.75, 3.05) is 0 Å². The highest BCUT2D eigenvalue weighted by Gasteiger charge is 2.13. The van der Waals surface area contributed by atoms with Gasteiger partial charge in [-0.3, -0.25) is 14.6 Å². The molecule has 0 saturated carbocycles. The third-order valence-electron chi connectivity index (χ3n) is 2.65. The fourth-order valence-corrected chi connectivity index (χ4v) is 1.86. The minimum atomic E-state index is -0.106. The molecular formula is C12H13N3O. The highest BCUT2D eigenvalue weighted by molar-refractivity contribution is 5.73. The van der Waals surface area contributed by atoms with Crippen LogP contribution in [0.15, 0.2) is 29.1 Å². The van der Waals surface area contributed by atoms with E-state index in [2.05, 4.69) is 11.2 Å². The van der Waals surface area contributed by atoms with Gasteiger partial charge in [-0.15, -0.1) is 0 Å². The van der Waals surface area contributed by atoms with Gasteiger partial charge >= 0.3 is 0 Å². The Morgan fingerprint density at radius 1 is 1.69 bits per heavy atom. The predicted molar refractivity (Wildman–Crippen MR) is 61.6 cm³/mol. The van der Waals surface area contributed by atoms with Gasteiger partial charge in [-0.2, -0.15) is 5.26 Å². The van der Waals surface area contributed by atoms with Gasteiger partial charge in [-0.1, -0.05) is 18.2 Å². The van der Waals surface area contributed by atoms with Crippen LogP contribution in [-0.4, -0.2) is 9.78 Å². The average molecular weight is 215 g/mol. The number of rotatable bonds is 2. The molecule has 0 spiro atoms. The number of nitrogens with zero attached hydrogens (tertiary/aromatic N) is 2. The summed E-state index contributed by atoms with van der Waals surface area (Å²) in [7, 11) is 0. The van der Waals surface area contributed by atoms with Crippen LogP contribution in [0.1, 0.15) is 19.0 Å². The molecule has 1 N–H and O–H groups in total. The summed E-state index contributed by atoms with van der Waals surface area (Å²) in [6.45, 7) is 2.67. The van der Waals surface area contributed by atoms with E-state index in [0.29, 0.717) is 6.54 Å². The fraction of sp³-hybridized carbons (Fsp3) is 0.333. The largest absolute Gasteiger partial charge is 0.285 e. The summed E-state index contributed by atoms with van der Waals surface area (Å²) in [6.07, 6.45) is 6.60. The Balaban J connectivity index is 2.44. The van der Waals surface area contributed by atoms with Crippen LogP contribution in [0.4, 0.5) is 0 Å². The summed E-state index contributed by atoms with van der Waals surface area (Å²) in [5.74, 6) is -0.0877. The Bertz CT molecular complexity index is 539. The maximum absolute atomic E-state index is 11.3. The van der Waals surface area contributed by atoms with Crippen LogP contribution in [-0.2, 0) is 6.54 Å². The normalized spacial score (nSPS) is 19.2. The number of aromatic nitrogens is 2. The maximum Gasteiger partial charge on any atom is 0.264 e. The van der Waals surface area contributed by atoms with Gasteiger partial charge < -0.3 is 0 Å². The molecular weight excluding hydrogens is 202 g/mol. The number of aromatic amines is 1. The summed E-state index contributed by atoms with van der Waals surface area (Å²) >= 11 is 0. The molecule has 1 aliphatic carbocycles. The Kier molecular flexibility index (Phi) is 2.78. The van der Waals surface area contributed by atoms with Crippen LogP contribution >= 0.6 is 0 Å². The van der Waals surface area contributed by atoms with Gasteiger partial charge in [0.15, 0.2) is 0 Å². The van der Waals surface area contributed by atoms with Gasteiger partial charge in [0.25, 0.3) is 5.56 Å². The second-order valence-electron chi connectivity index (χ2n) is 3.75. The molecule has 4 nitrogen and oxygen atoms in total. The summed E-state index contributed by atoms with van der Waals surface area (Å²) in [6, 6.07) is 3.79. The summed E-state index contributed by atoms with van der Waals surface area (Å²) < 4.78 is 1.79. The zero-order chi connectivity index (χ0) is 11.5. The predicted octanol–water partition coefficient (Wildman–Crippen LogP) is 1.68. The molecule has 0 aromatic carbocycles. The molecule has 1 heterocycles. The van der Waals surface area contributed by atoms with Crippen LogP contribution in [0.5, 0.6) is 0 Å². The first-order chi connectivity index (χ1) is 7.74. The van der Waals surface area contributed by atoms with E-state index in [1.807, 2.05) is 25.2 Å². The minimum absolute atomic E-state index is 0.0877. The van der Waals surface area contributed by atoms with Crippen molar-refractivity contribution in [3.05, 3.63) is 40.3 Å². The molecule has 1 unspecified atom stereocenters. The van der Waals surface area contributed by atoms with Crippen LogP contribution in [0, 0.1) is 17.2 Å². The molecule has 0 bridgehead atoms. The van der Waals surface area contributed by atoms with Crippen molar-refractivity contribution in [1.29, 1.82) is 5.26 Å². The van der Waals surface area contributed by atoms with Gasteiger partial charge in [0.1, 0.15) is 0 Å². The molecule has 4 heteroatoms. The van der Waals surface area contributed by atoms with E-state index in [-0.39, 0.29) is 11.5 Å². The number of aryl methyl sites for hydroxylation is 1. The second-order valence-corrected chi connectivity index (χ2v) is 3.75. The van der Waals surface area contributed by atoms with Gasteiger partial charge in [0.2, 0.25) is 0 Å². The van der Waals surface area contributed by atoms with Crippen LogP contribution in [0.3, 0.4) is 0 Å². The Labute approximate surface area is 93.5 Å². The minimum Gasteiger partial charge on any atom is -0.285 e. The molecule has 0 saturated heterocycles. The first-order valence-electron chi connectivity index (χ1n) is 5.32. The van der Waals surface area contributed by atoms with Crippen LogP contribution in [0.2, 0.25) is 0 Å². The first kappa shape index (κ1) is 10.5. The SMILES string of the molecule is CCn1[nH]c(=O)cc1C1=CC(C#N)CC=C1. The van der Waals surface area contributed by atoms with E-state index >= 15 is 0 Å². The van der Waals surface area contributed by atoms with Gasteiger partial charge in [0.05, 0.1) is 17.7 Å². The highest BCUT2D eigenvalue weighted by atomic mass is 16.1. The van der Waals surface area contributed by atoms with Crippen LogP contribution < -0.4 is 5.56 Å². The van der Waals surface area contributed by atoms with Crippen molar-refractivity contribution in [3.8, 4) is 6.07 Å². The maximum atomic E-state index is 11.3. The van der Waals surface area contributed by atoms with Crippen molar-refractivity contribution in [2.45, 2.75) is 19.9 Å². The van der Waals surface area contributed by atoms with E-state index in [4.69, 9.17) is 5.26 Å². The molecule has 2 rings (SSSR count). The monoisotopic (exact) mass is 215 g/mol. The molecule has 1 aromatic heterocycles. The molecule has 1 aliphatic rings. The lowest BCUT2D eigenvalue weighted by Crippen LogP contribution is -2.06. The van der Waals surface area contributed by atoms with Crippen molar-refractivity contribution < 1.29 is 0 Å². The van der Waals surface area contributed by atoms with Crippen molar-refractivity contribution in [2.24, 2.45) is 5.92 Å². The average Bonchev–Trinajstić information content (AvgIpc) is 2.70. The molecule has 1 aromatic rings. The van der Waals surface area contributed by atoms with E-state index in [0.717, 1.165) is 17.7 Å². The van der Waals surface area contributed by atoms with E-state index in [1.54, 1.807) is 10.7 Å². The van der Waals surface area contributed by atoms with Crippen molar-refractivity contribution >= 4 is 5.57 Å². The molecule has 0 fully saturated rings. The molecule has 0 amide bonds. The third-order valence-corrected chi connectivity index (χ3v) is 2.65. The van der Waals surface area contributed by atoms with Gasteiger partial charge in [-0.05, 0) is 18.9 Å². The Morgan fingerprint density at radius 2 is 2.50 bits per heavy atom. The number of nitriles is 1. The topological polar surface area (TPSA) is 61.6 Å². The van der Waals surface area contributed by atoms with Gasteiger partial charge in [0, 0.05) is 12.6 Å². The molecule has 0 aliphatic heterocycles. The van der Waals surface area contributed by atoms with Gasteiger partial charge in [-0.25, -0.2) is 0 Å². The molecule has 0 radical (unpaired) electrons. The lowest BCUT2D eigenvalue weighted by molar-refractivity contribution is 0.644. The Morgan fingerprint density at radius 3 is 3.19 bits per heavy atom. The van der Waals surface area contributed by atoms with E-state index < -0.39 is 0 Å².